The van der Waals surface area contributed by atoms with Gasteiger partial charge in [0.2, 0.25) is 5.91 Å². The highest BCUT2D eigenvalue weighted by Gasteiger charge is 2.18. The number of phenols is 1. The smallest absolute Gasteiger partial charge is 0.262 e. The van der Waals surface area contributed by atoms with Crippen LogP contribution in [0.1, 0.15) is 17.3 Å². The summed E-state index contributed by atoms with van der Waals surface area (Å²) in [5.74, 6) is -2.53. The summed E-state index contributed by atoms with van der Waals surface area (Å²) in [6.07, 6.45) is 0. The number of carbonyl (C=O) groups is 2. The van der Waals surface area contributed by atoms with Gasteiger partial charge in [-0.05, 0) is 30.3 Å². The zero-order valence-electron chi connectivity index (χ0n) is 11.5. The van der Waals surface area contributed by atoms with Crippen molar-refractivity contribution in [3.05, 3.63) is 52.8 Å². The molecule has 5 nitrogen and oxygen atoms in total. The highest BCUT2D eigenvalue weighted by Crippen LogP contribution is 2.28. The Kier molecular flexibility index (Phi) is 4.62. The molecule has 0 aliphatic rings. The van der Waals surface area contributed by atoms with Crippen LogP contribution in [0.2, 0.25) is 5.02 Å². The monoisotopic (exact) mass is 322 g/mol. The summed E-state index contributed by atoms with van der Waals surface area (Å²) in [4.78, 5) is 23.3. The van der Waals surface area contributed by atoms with Crippen LogP contribution in [0.25, 0.3) is 0 Å². The lowest BCUT2D eigenvalue weighted by Crippen LogP contribution is -2.16. The van der Waals surface area contributed by atoms with Gasteiger partial charge in [-0.3, -0.25) is 9.59 Å². The molecule has 0 aliphatic carbocycles. The molecule has 0 heterocycles. The Labute approximate surface area is 130 Å². The van der Waals surface area contributed by atoms with E-state index in [1.54, 1.807) is 0 Å². The predicted octanol–water partition coefficient (Wildman–Crippen LogP) is 3.40. The SMILES string of the molecule is CC(=O)Nc1cc(Cl)ccc1NC(=O)c1c(O)cccc1F. The number of amides is 2. The standard InChI is InChI=1S/C15H12ClFN2O3/c1-8(20)18-12-7-9(16)5-6-11(12)19-15(22)14-10(17)3-2-4-13(14)21/h2-7,21H,1H3,(H,18,20)(H,19,22). The van der Waals surface area contributed by atoms with Gasteiger partial charge in [0.25, 0.3) is 5.91 Å². The summed E-state index contributed by atoms with van der Waals surface area (Å²) in [7, 11) is 0. The fourth-order valence-electron chi connectivity index (χ4n) is 1.84. The van der Waals surface area contributed by atoms with Crippen LogP contribution < -0.4 is 10.6 Å². The van der Waals surface area contributed by atoms with E-state index in [0.717, 1.165) is 6.07 Å². The highest BCUT2D eigenvalue weighted by atomic mass is 35.5. The van der Waals surface area contributed by atoms with Crippen molar-refractivity contribution in [3.63, 3.8) is 0 Å². The minimum Gasteiger partial charge on any atom is -0.507 e. The third-order valence-corrected chi connectivity index (χ3v) is 2.99. The number of hydrogen-bond acceptors (Lipinski definition) is 3. The molecule has 2 aromatic rings. The Bertz CT molecular complexity index is 729. The quantitative estimate of drug-likeness (QED) is 0.810. The topological polar surface area (TPSA) is 78.4 Å². The van der Waals surface area contributed by atoms with E-state index >= 15 is 0 Å². The van der Waals surface area contributed by atoms with Crippen molar-refractivity contribution in [1.82, 2.24) is 0 Å². The molecule has 0 spiro atoms. The molecule has 0 aromatic heterocycles. The van der Waals surface area contributed by atoms with Gasteiger partial charge in [0.05, 0.1) is 11.4 Å². The molecule has 0 bridgehead atoms. The largest absolute Gasteiger partial charge is 0.507 e. The van der Waals surface area contributed by atoms with Gasteiger partial charge in [0.1, 0.15) is 17.1 Å². The van der Waals surface area contributed by atoms with E-state index in [1.165, 1.54) is 37.3 Å². The Morgan fingerprint density at radius 2 is 1.86 bits per heavy atom. The van der Waals surface area contributed by atoms with Crippen molar-refractivity contribution >= 4 is 34.8 Å². The van der Waals surface area contributed by atoms with Gasteiger partial charge in [-0.25, -0.2) is 4.39 Å². The number of nitrogens with one attached hydrogen (secondary N) is 2. The number of halogens is 2. The number of aromatic hydroxyl groups is 1. The van der Waals surface area contributed by atoms with Gasteiger partial charge in [0.15, 0.2) is 0 Å². The molecule has 0 unspecified atom stereocenters. The summed E-state index contributed by atoms with van der Waals surface area (Å²) in [6.45, 7) is 1.30. The van der Waals surface area contributed by atoms with E-state index in [0.29, 0.717) is 5.02 Å². The Hall–Kier alpha value is -2.60. The number of phenolic OH excluding ortho intramolecular Hbond substituents is 1. The third-order valence-electron chi connectivity index (χ3n) is 2.76. The van der Waals surface area contributed by atoms with Gasteiger partial charge in [-0.15, -0.1) is 0 Å². The summed E-state index contributed by atoms with van der Waals surface area (Å²) >= 11 is 5.84. The number of anilines is 2. The maximum Gasteiger partial charge on any atom is 0.262 e. The molecule has 2 amide bonds. The van der Waals surface area contributed by atoms with Gasteiger partial charge >= 0.3 is 0 Å². The lowest BCUT2D eigenvalue weighted by molar-refractivity contribution is -0.114. The molecule has 2 rings (SSSR count). The van der Waals surface area contributed by atoms with Gasteiger partial charge in [-0.1, -0.05) is 17.7 Å². The minimum absolute atomic E-state index is 0.229. The molecule has 0 saturated carbocycles. The number of carbonyl (C=O) groups excluding carboxylic acids is 2. The first-order chi connectivity index (χ1) is 10.4. The van der Waals surface area contributed by atoms with E-state index in [1.807, 2.05) is 0 Å². The Morgan fingerprint density at radius 3 is 2.50 bits per heavy atom. The molecule has 0 atom stereocenters. The molecule has 0 fully saturated rings. The molecule has 0 saturated heterocycles. The Morgan fingerprint density at radius 1 is 1.14 bits per heavy atom. The van der Waals surface area contributed by atoms with Crippen LogP contribution in [0, 0.1) is 5.82 Å². The van der Waals surface area contributed by atoms with E-state index in [9.17, 15) is 19.1 Å². The first-order valence-corrected chi connectivity index (χ1v) is 6.62. The fraction of sp³-hybridized carbons (Fsp3) is 0.0667. The van der Waals surface area contributed by atoms with E-state index in [4.69, 9.17) is 11.6 Å². The molecular formula is C15H12ClFN2O3. The molecule has 0 radical (unpaired) electrons. The lowest BCUT2D eigenvalue weighted by Gasteiger charge is -2.12. The Balaban J connectivity index is 2.34. The summed E-state index contributed by atoms with van der Waals surface area (Å²) in [6, 6.07) is 7.96. The van der Waals surface area contributed by atoms with Crippen molar-refractivity contribution in [2.75, 3.05) is 10.6 Å². The lowest BCUT2D eigenvalue weighted by atomic mass is 10.1. The average molecular weight is 323 g/mol. The van der Waals surface area contributed by atoms with Crippen LogP contribution in [-0.4, -0.2) is 16.9 Å². The van der Waals surface area contributed by atoms with E-state index < -0.39 is 23.0 Å². The van der Waals surface area contributed by atoms with Crippen LogP contribution in [-0.2, 0) is 4.79 Å². The molecule has 114 valence electrons. The zero-order valence-corrected chi connectivity index (χ0v) is 12.2. The van der Waals surface area contributed by atoms with Crippen molar-refractivity contribution in [2.45, 2.75) is 6.92 Å². The second kappa shape index (κ2) is 6.44. The van der Waals surface area contributed by atoms with Crippen molar-refractivity contribution in [1.29, 1.82) is 0 Å². The molecule has 3 N–H and O–H groups in total. The maximum absolute atomic E-state index is 13.7. The van der Waals surface area contributed by atoms with Crippen molar-refractivity contribution < 1.29 is 19.1 Å². The fourth-order valence-corrected chi connectivity index (χ4v) is 2.01. The highest BCUT2D eigenvalue weighted by molar-refractivity contribution is 6.31. The van der Waals surface area contributed by atoms with E-state index in [2.05, 4.69) is 10.6 Å². The third kappa shape index (κ3) is 3.53. The number of rotatable bonds is 3. The van der Waals surface area contributed by atoms with Crippen LogP contribution in [0.15, 0.2) is 36.4 Å². The second-order valence-corrected chi connectivity index (χ2v) is 4.90. The normalized spacial score (nSPS) is 10.1. The van der Waals surface area contributed by atoms with Crippen molar-refractivity contribution in [3.8, 4) is 5.75 Å². The maximum atomic E-state index is 13.7. The molecule has 2 aromatic carbocycles. The van der Waals surface area contributed by atoms with Gasteiger partial charge in [-0.2, -0.15) is 0 Å². The zero-order chi connectivity index (χ0) is 16.3. The molecule has 0 aliphatic heterocycles. The number of hydrogen-bond donors (Lipinski definition) is 3. The molecule has 7 heteroatoms. The summed E-state index contributed by atoms with van der Waals surface area (Å²) in [5.41, 5.74) is 0.0163. The first-order valence-electron chi connectivity index (χ1n) is 6.24. The van der Waals surface area contributed by atoms with Gasteiger partial charge < -0.3 is 15.7 Å². The van der Waals surface area contributed by atoms with Crippen LogP contribution in [0.5, 0.6) is 5.75 Å². The molecular weight excluding hydrogens is 311 g/mol. The predicted molar refractivity (Wildman–Crippen MR) is 81.8 cm³/mol. The minimum atomic E-state index is -0.854. The van der Waals surface area contributed by atoms with Crippen LogP contribution >= 0.6 is 11.6 Å². The summed E-state index contributed by atoms with van der Waals surface area (Å²) in [5, 5.41) is 14.9. The van der Waals surface area contributed by atoms with Gasteiger partial charge in [0, 0.05) is 11.9 Å². The van der Waals surface area contributed by atoms with Crippen LogP contribution in [0.3, 0.4) is 0 Å². The number of benzene rings is 2. The summed E-state index contributed by atoms with van der Waals surface area (Å²) < 4.78 is 13.7. The van der Waals surface area contributed by atoms with E-state index in [-0.39, 0.29) is 17.3 Å². The van der Waals surface area contributed by atoms with Crippen LogP contribution in [0.4, 0.5) is 15.8 Å². The second-order valence-electron chi connectivity index (χ2n) is 4.46. The average Bonchev–Trinajstić information content (AvgIpc) is 2.41. The van der Waals surface area contributed by atoms with Crippen molar-refractivity contribution in [2.24, 2.45) is 0 Å². The molecule has 22 heavy (non-hydrogen) atoms. The first kappa shape index (κ1) is 15.8.